The lowest BCUT2D eigenvalue weighted by molar-refractivity contribution is -0.315. The number of ether oxygens (including phenoxy) is 16. The second-order valence-corrected chi connectivity index (χ2v) is 19.9. The molecule has 2 fully saturated rings. The van der Waals surface area contributed by atoms with Gasteiger partial charge in [0.05, 0.1) is 51.7 Å². The monoisotopic (exact) mass is 1150 g/mol. The summed E-state index contributed by atoms with van der Waals surface area (Å²) in [5.41, 5.74) is -1.29. The van der Waals surface area contributed by atoms with E-state index < -0.39 is 134 Å². The van der Waals surface area contributed by atoms with Crippen LogP contribution in [0.4, 0.5) is 0 Å². The van der Waals surface area contributed by atoms with Crippen molar-refractivity contribution in [2.75, 3.05) is 72.7 Å². The molecule has 80 heavy (non-hydrogen) atoms. The molecule has 2 heterocycles. The quantitative estimate of drug-likeness (QED) is 0.0428. The summed E-state index contributed by atoms with van der Waals surface area (Å²) >= 11 is 0. The van der Waals surface area contributed by atoms with Crippen molar-refractivity contribution in [1.82, 2.24) is 0 Å². The Hall–Kier alpha value is -5.05. The zero-order valence-electron chi connectivity index (χ0n) is 48.7. The lowest BCUT2D eigenvalue weighted by atomic mass is 9.91. The molecule has 11 atom stereocenters. The topological polar surface area (TPSA) is 301 Å². The standard InChI is InChI=1S/C55H90O25/c1-11-12-13-14-15-16-17-18-19-20-21-22-23-24-25-66-32-55(34-71-38(4)58,35-72-54-52(78-44(10)64)50(76-42(8)62)48(74-40(6)60)46(80-54)31-70-37(3)57)33-67-27-26-65-28-29-68-53-51(77-43(9)63)49(75-41(7)61)47(73-39(5)59)45(79-53)30-69-36(2)56/h45-54H,11-35H2,1-10H3/t45-,46-,47-,48-,49+,50+,51+,52+,53+,54+,55?/m1/s1. The molecule has 2 rings (SSSR count). The van der Waals surface area contributed by atoms with Crippen molar-refractivity contribution >= 4 is 53.7 Å². The van der Waals surface area contributed by atoms with Crippen LogP contribution < -0.4 is 0 Å². The molecule has 0 aliphatic carbocycles. The summed E-state index contributed by atoms with van der Waals surface area (Å²) < 4.78 is 91.5. The fourth-order valence-electron chi connectivity index (χ4n) is 8.83. The van der Waals surface area contributed by atoms with Crippen molar-refractivity contribution in [3.8, 4) is 0 Å². The summed E-state index contributed by atoms with van der Waals surface area (Å²) in [5, 5.41) is 0. The fourth-order valence-corrected chi connectivity index (χ4v) is 8.83. The Bertz CT molecular complexity index is 1880. The van der Waals surface area contributed by atoms with Gasteiger partial charge in [-0.15, -0.1) is 0 Å². The highest BCUT2D eigenvalue weighted by Crippen LogP contribution is 2.33. The van der Waals surface area contributed by atoms with Gasteiger partial charge in [0.15, 0.2) is 49.2 Å². The molecule has 0 aromatic heterocycles. The number of carbonyl (C=O) groups excluding carboxylic acids is 9. The Morgan fingerprint density at radius 1 is 0.325 bits per heavy atom. The maximum absolute atomic E-state index is 12.6. The number of esters is 9. The minimum atomic E-state index is -1.57. The molecular formula is C55H90O25. The molecule has 0 amide bonds. The van der Waals surface area contributed by atoms with Crippen LogP contribution >= 0.6 is 0 Å². The first-order valence-electron chi connectivity index (χ1n) is 27.8. The van der Waals surface area contributed by atoms with Gasteiger partial charge in [-0.2, -0.15) is 0 Å². The van der Waals surface area contributed by atoms with E-state index in [1.165, 1.54) is 64.7 Å². The first kappa shape index (κ1) is 71.1. The van der Waals surface area contributed by atoms with Crippen molar-refractivity contribution in [3.05, 3.63) is 0 Å². The molecule has 2 aliphatic rings. The van der Waals surface area contributed by atoms with Crippen LogP contribution in [0.15, 0.2) is 0 Å². The van der Waals surface area contributed by atoms with Crippen LogP contribution in [0.25, 0.3) is 0 Å². The number of hydrogen-bond acceptors (Lipinski definition) is 25. The summed E-state index contributed by atoms with van der Waals surface area (Å²) in [5.74, 6) is -6.88. The van der Waals surface area contributed by atoms with Crippen LogP contribution in [-0.4, -0.2) is 188 Å². The minimum absolute atomic E-state index is 0.0357. The van der Waals surface area contributed by atoms with Crippen molar-refractivity contribution in [3.63, 3.8) is 0 Å². The Morgan fingerprint density at radius 2 is 0.662 bits per heavy atom. The van der Waals surface area contributed by atoms with Gasteiger partial charge in [-0.3, -0.25) is 43.2 Å². The third kappa shape index (κ3) is 30.1. The summed E-state index contributed by atoms with van der Waals surface area (Å²) in [6.45, 7) is 10.4. The van der Waals surface area contributed by atoms with Crippen LogP contribution in [0.2, 0.25) is 0 Å². The molecule has 0 aromatic carbocycles. The van der Waals surface area contributed by atoms with E-state index in [1.54, 1.807) is 0 Å². The van der Waals surface area contributed by atoms with E-state index in [2.05, 4.69) is 6.92 Å². The van der Waals surface area contributed by atoms with Crippen molar-refractivity contribution < 1.29 is 119 Å². The minimum Gasteiger partial charge on any atom is -0.465 e. The van der Waals surface area contributed by atoms with E-state index in [9.17, 15) is 43.2 Å². The zero-order valence-corrected chi connectivity index (χ0v) is 48.7. The maximum Gasteiger partial charge on any atom is 0.303 e. The first-order valence-corrected chi connectivity index (χ1v) is 27.8. The fraction of sp³-hybridized carbons (Fsp3) is 0.836. The largest absolute Gasteiger partial charge is 0.465 e. The third-order valence-electron chi connectivity index (χ3n) is 12.4. The van der Waals surface area contributed by atoms with Crippen LogP contribution in [0.5, 0.6) is 0 Å². The molecule has 25 nitrogen and oxygen atoms in total. The number of unbranched alkanes of at least 4 members (excludes halogenated alkanes) is 13. The highest BCUT2D eigenvalue weighted by molar-refractivity contribution is 5.70. The summed E-state index contributed by atoms with van der Waals surface area (Å²) in [7, 11) is 0. The van der Waals surface area contributed by atoms with Gasteiger partial charge in [0, 0.05) is 68.9 Å². The molecule has 460 valence electrons. The second-order valence-electron chi connectivity index (χ2n) is 19.9. The smallest absolute Gasteiger partial charge is 0.303 e. The molecule has 2 aliphatic heterocycles. The van der Waals surface area contributed by atoms with Gasteiger partial charge < -0.3 is 75.8 Å². The number of rotatable bonds is 41. The lowest BCUT2D eigenvalue weighted by Crippen LogP contribution is -2.63. The van der Waals surface area contributed by atoms with Crippen LogP contribution in [0, 0.1) is 5.41 Å². The average Bonchev–Trinajstić information content (AvgIpc) is 3.39. The molecule has 0 bridgehead atoms. The van der Waals surface area contributed by atoms with Gasteiger partial charge in [-0.05, 0) is 6.42 Å². The molecule has 25 heteroatoms. The number of hydrogen-bond donors (Lipinski definition) is 0. The van der Waals surface area contributed by atoms with Gasteiger partial charge in [0.2, 0.25) is 0 Å². The van der Waals surface area contributed by atoms with Gasteiger partial charge in [0.25, 0.3) is 0 Å². The maximum atomic E-state index is 12.6. The summed E-state index contributed by atoms with van der Waals surface area (Å²) in [4.78, 5) is 110. The van der Waals surface area contributed by atoms with E-state index in [4.69, 9.17) is 75.8 Å². The van der Waals surface area contributed by atoms with E-state index in [-0.39, 0.29) is 52.9 Å². The molecule has 1 unspecified atom stereocenters. The highest BCUT2D eigenvalue weighted by Gasteiger charge is 2.55. The molecule has 0 aromatic rings. The van der Waals surface area contributed by atoms with Crippen molar-refractivity contribution in [1.29, 1.82) is 0 Å². The predicted octanol–water partition coefficient (Wildman–Crippen LogP) is 5.27. The number of carbonyl (C=O) groups is 9. The normalized spacial score (nSPS) is 23.3. The first-order chi connectivity index (χ1) is 38.1. The Morgan fingerprint density at radius 3 is 1.06 bits per heavy atom. The van der Waals surface area contributed by atoms with Crippen molar-refractivity contribution in [2.24, 2.45) is 5.41 Å². The van der Waals surface area contributed by atoms with E-state index in [0.29, 0.717) is 6.61 Å². The van der Waals surface area contributed by atoms with Crippen LogP contribution in [-0.2, 0) is 119 Å². The van der Waals surface area contributed by atoms with Gasteiger partial charge in [-0.25, -0.2) is 0 Å². The third-order valence-corrected chi connectivity index (χ3v) is 12.4. The summed E-state index contributed by atoms with van der Waals surface area (Å²) in [6, 6.07) is 0. The van der Waals surface area contributed by atoms with Crippen molar-refractivity contribution in [2.45, 2.75) is 221 Å². The molecule has 0 spiro atoms. The zero-order chi connectivity index (χ0) is 59.5. The van der Waals surface area contributed by atoms with Gasteiger partial charge >= 0.3 is 53.7 Å². The van der Waals surface area contributed by atoms with Crippen LogP contribution in [0.1, 0.15) is 159 Å². The average molecular weight is 1150 g/mol. The molecule has 2 saturated heterocycles. The van der Waals surface area contributed by atoms with E-state index >= 15 is 0 Å². The molecule has 0 saturated carbocycles. The SMILES string of the molecule is CCCCCCCCCCCCCCCCOCC(COCCOCCO[C@H]1O[C@H](COC(C)=O)[C@@H](OC(C)=O)[C@H](OC(C)=O)[C@@H]1OC(C)=O)(COC(C)=O)CO[C@H]1O[C@H](COC(C)=O)[C@@H](OC(C)=O)[C@H](OC(C)=O)[C@@H]1OC(C)=O. The molecule has 0 radical (unpaired) electrons. The Balaban J connectivity index is 2.28. The Kier molecular flexibility index (Phi) is 35.7. The lowest BCUT2D eigenvalue weighted by Gasteiger charge is -2.45. The molecule has 0 N–H and O–H groups in total. The van der Waals surface area contributed by atoms with Gasteiger partial charge in [-0.1, -0.05) is 90.4 Å². The highest BCUT2D eigenvalue weighted by atomic mass is 16.8. The Labute approximate surface area is 470 Å². The van der Waals surface area contributed by atoms with Gasteiger partial charge in [0.1, 0.15) is 32.0 Å². The van der Waals surface area contributed by atoms with E-state index in [0.717, 1.165) is 87.5 Å². The summed E-state index contributed by atoms with van der Waals surface area (Å²) in [6.07, 6.45) is 2.20. The van der Waals surface area contributed by atoms with Crippen LogP contribution in [0.3, 0.4) is 0 Å². The second kappa shape index (κ2) is 40.2. The van der Waals surface area contributed by atoms with E-state index in [1.807, 2.05) is 0 Å². The molecular weight excluding hydrogens is 1060 g/mol. The predicted molar refractivity (Wildman–Crippen MR) is 278 cm³/mol.